The highest BCUT2D eigenvalue weighted by Crippen LogP contribution is 2.24. The minimum absolute atomic E-state index is 0.0345. The van der Waals surface area contributed by atoms with Crippen molar-refractivity contribution in [3.05, 3.63) is 87.2 Å². The van der Waals surface area contributed by atoms with Crippen LogP contribution in [0.4, 0.5) is 11.4 Å². The fourth-order valence-corrected chi connectivity index (χ4v) is 3.07. The van der Waals surface area contributed by atoms with Crippen molar-refractivity contribution >= 4 is 23.6 Å². The number of carbonyl (C=O) groups is 1. The maximum Gasteiger partial charge on any atom is 0.340 e. The molecule has 3 rings (SSSR count). The summed E-state index contributed by atoms with van der Waals surface area (Å²) in [6.07, 6.45) is 1.68. The number of non-ortho nitro benzene ring substituents is 1. The lowest BCUT2D eigenvalue weighted by atomic mass is 10.2. The zero-order valence-corrected chi connectivity index (χ0v) is 15.7. The van der Waals surface area contributed by atoms with Crippen molar-refractivity contribution in [2.24, 2.45) is 4.99 Å². The largest absolute Gasteiger partial charge is 0.465 e. The van der Waals surface area contributed by atoms with Crippen LogP contribution in [0.1, 0.15) is 27.3 Å². The number of para-hydroxylation sites is 1. The highest BCUT2D eigenvalue weighted by molar-refractivity contribution is 5.96. The lowest BCUT2D eigenvalue weighted by molar-refractivity contribution is -0.384. The number of aryl methyl sites for hydroxylation is 1. The summed E-state index contributed by atoms with van der Waals surface area (Å²) in [5, 5.41) is 11.1. The maximum atomic E-state index is 11.9. The molecule has 0 aliphatic carbocycles. The van der Waals surface area contributed by atoms with Crippen LogP contribution in [0.5, 0.6) is 0 Å². The predicted molar refractivity (Wildman–Crippen MR) is 107 cm³/mol. The Bertz CT molecular complexity index is 1080. The Hall–Kier alpha value is -3.74. The zero-order valence-electron chi connectivity index (χ0n) is 15.7. The number of nitro benzene ring substituents is 1. The molecule has 0 atom stereocenters. The van der Waals surface area contributed by atoms with Gasteiger partial charge in [0.05, 0.1) is 29.0 Å². The molecule has 0 fully saturated rings. The van der Waals surface area contributed by atoms with Crippen LogP contribution in [-0.2, 0) is 4.74 Å². The van der Waals surface area contributed by atoms with Gasteiger partial charge in [0.1, 0.15) is 0 Å². The van der Waals surface area contributed by atoms with Crippen LogP contribution in [0.25, 0.3) is 5.69 Å². The Kier molecular flexibility index (Phi) is 5.35. The summed E-state index contributed by atoms with van der Waals surface area (Å²) in [6.45, 7) is 3.84. The van der Waals surface area contributed by atoms with E-state index in [1.807, 2.05) is 30.5 Å². The number of carbonyl (C=O) groups excluding carboxylic acids is 1. The Labute approximate surface area is 162 Å². The molecule has 7 heteroatoms. The lowest BCUT2D eigenvalue weighted by Gasteiger charge is -2.09. The van der Waals surface area contributed by atoms with E-state index in [-0.39, 0.29) is 5.69 Å². The van der Waals surface area contributed by atoms with E-state index < -0.39 is 10.9 Å². The molecule has 142 valence electrons. The van der Waals surface area contributed by atoms with Crippen molar-refractivity contribution in [2.45, 2.75) is 13.8 Å². The predicted octanol–water partition coefficient (Wildman–Crippen LogP) is 4.54. The maximum absolute atomic E-state index is 11.9. The van der Waals surface area contributed by atoms with Gasteiger partial charge in [0.2, 0.25) is 0 Å². The number of aliphatic imine (C=N–C) groups is 1. The van der Waals surface area contributed by atoms with E-state index in [2.05, 4.69) is 4.99 Å². The summed E-state index contributed by atoms with van der Waals surface area (Å²) in [4.78, 5) is 27.0. The van der Waals surface area contributed by atoms with Crippen molar-refractivity contribution in [1.29, 1.82) is 0 Å². The second-order valence-electron chi connectivity index (χ2n) is 6.21. The number of methoxy groups -OCH3 is 1. The fraction of sp³-hybridized carbons (Fsp3) is 0.143. The second kappa shape index (κ2) is 7.87. The molecule has 1 aromatic heterocycles. The average Bonchev–Trinajstić information content (AvgIpc) is 2.99. The SMILES string of the molecule is COC(=O)c1ccccc1N=Cc1cc(C)n(-c2cccc([N+](=O)[O-])c2)c1C. The van der Waals surface area contributed by atoms with Gasteiger partial charge in [0, 0.05) is 35.3 Å². The molecule has 2 aromatic carbocycles. The molecule has 0 N–H and O–H groups in total. The summed E-state index contributed by atoms with van der Waals surface area (Å²) in [5.74, 6) is -0.449. The number of hydrogen-bond acceptors (Lipinski definition) is 5. The molecular formula is C21H19N3O4. The average molecular weight is 377 g/mol. The van der Waals surface area contributed by atoms with E-state index in [9.17, 15) is 14.9 Å². The van der Waals surface area contributed by atoms with Crippen molar-refractivity contribution in [3.8, 4) is 5.69 Å². The number of hydrogen-bond donors (Lipinski definition) is 0. The molecule has 7 nitrogen and oxygen atoms in total. The van der Waals surface area contributed by atoms with Crippen LogP contribution < -0.4 is 0 Å². The molecule has 0 aliphatic rings. The van der Waals surface area contributed by atoms with Crippen LogP contribution >= 0.6 is 0 Å². The first-order chi connectivity index (χ1) is 13.4. The zero-order chi connectivity index (χ0) is 20.3. The third-order valence-corrected chi connectivity index (χ3v) is 4.42. The number of aromatic nitrogens is 1. The van der Waals surface area contributed by atoms with Crippen molar-refractivity contribution in [3.63, 3.8) is 0 Å². The van der Waals surface area contributed by atoms with Crippen LogP contribution in [0.15, 0.2) is 59.6 Å². The second-order valence-corrected chi connectivity index (χ2v) is 6.21. The molecule has 1 heterocycles. The van der Waals surface area contributed by atoms with Gasteiger partial charge in [-0.1, -0.05) is 18.2 Å². The Morgan fingerprint density at radius 3 is 2.61 bits per heavy atom. The topological polar surface area (TPSA) is 86.7 Å². The van der Waals surface area contributed by atoms with E-state index in [1.54, 1.807) is 36.5 Å². The molecule has 0 spiro atoms. The summed E-state index contributed by atoms with van der Waals surface area (Å²) < 4.78 is 6.72. The molecule has 0 bridgehead atoms. The van der Waals surface area contributed by atoms with Crippen LogP contribution in [0.2, 0.25) is 0 Å². The Balaban J connectivity index is 2.00. The molecule has 0 saturated carbocycles. The monoisotopic (exact) mass is 377 g/mol. The van der Waals surface area contributed by atoms with Crippen LogP contribution in [-0.4, -0.2) is 28.8 Å². The Morgan fingerprint density at radius 2 is 1.89 bits per heavy atom. The molecule has 0 aliphatic heterocycles. The smallest absolute Gasteiger partial charge is 0.340 e. The number of ether oxygens (including phenoxy) is 1. The third kappa shape index (κ3) is 3.68. The molecule has 0 amide bonds. The molecule has 3 aromatic rings. The van der Waals surface area contributed by atoms with Gasteiger partial charge in [0.15, 0.2) is 0 Å². The van der Waals surface area contributed by atoms with E-state index in [1.165, 1.54) is 19.2 Å². The van der Waals surface area contributed by atoms with Crippen molar-refractivity contribution < 1.29 is 14.5 Å². The summed E-state index contributed by atoms with van der Waals surface area (Å²) in [5.41, 5.74) is 4.29. The molecule has 0 saturated heterocycles. The quantitative estimate of drug-likeness (QED) is 0.283. The number of nitrogens with zero attached hydrogens (tertiary/aromatic N) is 3. The fourth-order valence-electron chi connectivity index (χ4n) is 3.07. The van der Waals surface area contributed by atoms with Gasteiger partial charge in [-0.15, -0.1) is 0 Å². The van der Waals surface area contributed by atoms with Crippen LogP contribution in [0.3, 0.4) is 0 Å². The standard InChI is InChI=1S/C21H19N3O4/c1-14-11-16(13-22-20-10-5-4-9-19(20)21(25)28-3)15(2)23(14)17-7-6-8-18(12-17)24(26)27/h4-13H,1-3H3. The first kappa shape index (κ1) is 19.0. The number of esters is 1. The van der Waals surface area contributed by atoms with Crippen molar-refractivity contribution in [2.75, 3.05) is 7.11 Å². The summed E-state index contributed by atoms with van der Waals surface area (Å²) in [6, 6.07) is 15.4. The number of rotatable bonds is 5. The van der Waals surface area contributed by atoms with Gasteiger partial charge in [-0.3, -0.25) is 15.1 Å². The van der Waals surface area contributed by atoms with Gasteiger partial charge in [0.25, 0.3) is 5.69 Å². The number of nitro groups is 1. The van der Waals surface area contributed by atoms with E-state index in [0.29, 0.717) is 16.9 Å². The van der Waals surface area contributed by atoms with E-state index in [0.717, 1.165) is 17.0 Å². The van der Waals surface area contributed by atoms with Gasteiger partial charge < -0.3 is 9.30 Å². The Morgan fingerprint density at radius 1 is 1.14 bits per heavy atom. The van der Waals surface area contributed by atoms with E-state index >= 15 is 0 Å². The lowest BCUT2D eigenvalue weighted by Crippen LogP contribution is -2.01. The molecular weight excluding hydrogens is 358 g/mol. The van der Waals surface area contributed by atoms with Gasteiger partial charge in [-0.2, -0.15) is 0 Å². The minimum Gasteiger partial charge on any atom is -0.465 e. The summed E-state index contributed by atoms with van der Waals surface area (Å²) in [7, 11) is 1.33. The third-order valence-electron chi connectivity index (χ3n) is 4.42. The molecule has 0 radical (unpaired) electrons. The summed E-state index contributed by atoms with van der Waals surface area (Å²) >= 11 is 0. The van der Waals surface area contributed by atoms with Gasteiger partial charge in [-0.05, 0) is 38.1 Å². The first-order valence-electron chi connectivity index (χ1n) is 8.57. The number of benzene rings is 2. The van der Waals surface area contributed by atoms with Gasteiger partial charge in [-0.25, -0.2) is 4.79 Å². The minimum atomic E-state index is -0.449. The first-order valence-corrected chi connectivity index (χ1v) is 8.57. The van der Waals surface area contributed by atoms with Crippen molar-refractivity contribution in [1.82, 2.24) is 4.57 Å². The molecule has 0 unspecified atom stereocenters. The highest BCUT2D eigenvalue weighted by atomic mass is 16.6. The van der Waals surface area contributed by atoms with Crippen LogP contribution in [0, 0.1) is 24.0 Å². The highest BCUT2D eigenvalue weighted by Gasteiger charge is 2.14. The normalized spacial score (nSPS) is 11.0. The van der Waals surface area contributed by atoms with Gasteiger partial charge >= 0.3 is 5.97 Å². The molecule has 28 heavy (non-hydrogen) atoms. The van der Waals surface area contributed by atoms with E-state index in [4.69, 9.17) is 4.74 Å².